The molecule has 0 aliphatic heterocycles. The van der Waals surface area contributed by atoms with E-state index in [2.05, 4.69) is 0 Å². The highest BCUT2D eigenvalue weighted by atomic mass is 19.4. The van der Waals surface area contributed by atoms with Crippen molar-refractivity contribution in [2.45, 2.75) is 75.0 Å². The lowest BCUT2D eigenvalue weighted by molar-refractivity contribution is -0.440. The van der Waals surface area contributed by atoms with Crippen molar-refractivity contribution in [3.05, 3.63) is 35.9 Å². The first kappa shape index (κ1) is 34.7. The molecule has 0 atom stereocenters. The highest BCUT2D eigenvalue weighted by Crippen LogP contribution is 2.60. The van der Waals surface area contributed by atoms with Gasteiger partial charge in [-0.2, -0.15) is 57.1 Å². The van der Waals surface area contributed by atoms with E-state index in [0.29, 0.717) is 18.4 Å². The quantitative estimate of drug-likeness (QED) is 0.114. The number of ether oxygens (including phenoxy) is 1. The third kappa shape index (κ3) is 7.67. The molecule has 1 aromatic rings. The Morgan fingerprint density at radius 1 is 0.769 bits per heavy atom. The van der Waals surface area contributed by atoms with E-state index in [4.69, 9.17) is 9.57 Å². The number of unbranched alkanes of at least 4 members (excludes halogenated alkanes) is 2. The predicted octanol–water partition coefficient (Wildman–Crippen LogP) is 7.28. The van der Waals surface area contributed by atoms with Crippen molar-refractivity contribution in [1.82, 2.24) is 5.06 Å². The standard InChI is InChI=1S/C22H24F13NO3/c1-2-3-7-12-38-14-16(37)36(39-13-15-8-5-4-6-9-15)11-10-17(23,24)18(25,26)19(27,28)20(29,30)21(31,32)22(33,34)35/h4-6,8-9H,2-3,7,10-14H2,1H3. The van der Waals surface area contributed by atoms with Crippen molar-refractivity contribution in [3.63, 3.8) is 0 Å². The highest BCUT2D eigenvalue weighted by molar-refractivity contribution is 5.76. The van der Waals surface area contributed by atoms with Gasteiger partial charge in [-0.05, 0) is 12.0 Å². The molecule has 0 bridgehead atoms. The van der Waals surface area contributed by atoms with Crippen molar-refractivity contribution in [2.75, 3.05) is 19.8 Å². The number of amides is 1. The molecular weight excluding hydrogens is 573 g/mol. The Kier molecular flexibility index (Phi) is 11.5. The van der Waals surface area contributed by atoms with Gasteiger partial charge < -0.3 is 4.74 Å². The number of carbonyl (C=O) groups is 1. The van der Waals surface area contributed by atoms with Crippen LogP contribution in [0, 0.1) is 0 Å². The molecule has 17 heteroatoms. The maximum Gasteiger partial charge on any atom is 0.460 e. The number of carbonyl (C=O) groups excluding carboxylic acids is 1. The number of hydrogen-bond donors (Lipinski definition) is 0. The topological polar surface area (TPSA) is 38.8 Å². The van der Waals surface area contributed by atoms with Gasteiger partial charge in [-0.1, -0.05) is 50.1 Å². The van der Waals surface area contributed by atoms with Crippen LogP contribution in [0.5, 0.6) is 0 Å². The summed E-state index contributed by atoms with van der Waals surface area (Å²) >= 11 is 0. The number of benzene rings is 1. The van der Waals surface area contributed by atoms with Crippen LogP contribution in [-0.4, -0.2) is 66.5 Å². The van der Waals surface area contributed by atoms with E-state index >= 15 is 0 Å². The first-order valence-electron chi connectivity index (χ1n) is 11.2. The Hall–Kier alpha value is -2.30. The second-order valence-corrected chi connectivity index (χ2v) is 8.26. The summed E-state index contributed by atoms with van der Waals surface area (Å²) in [6, 6.07) is 7.34. The van der Waals surface area contributed by atoms with Crippen molar-refractivity contribution in [3.8, 4) is 0 Å². The van der Waals surface area contributed by atoms with E-state index in [9.17, 15) is 61.9 Å². The number of hydrogen-bond acceptors (Lipinski definition) is 3. The van der Waals surface area contributed by atoms with Crippen molar-refractivity contribution < 1.29 is 71.4 Å². The van der Waals surface area contributed by atoms with Gasteiger partial charge >= 0.3 is 35.8 Å². The molecule has 0 aliphatic rings. The summed E-state index contributed by atoms with van der Waals surface area (Å²) in [7, 11) is 0. The summed E-state index contributed by atoms with van der Waals surface area (Å²) in [6.07, 6.45) is -8.19. The van der Waals surface area contributed by atoms with Gasteiger partial charge in [0.1, 0.15) is 13.2 Å². The third-order valence-electron chi connectivity index (χ3n) is 5.25. The molecule has 1 aromatic carbocycles. The molecule has 1 amide bonds. The van der Waals surface area contributed by atoms with Crippen LogP contribution >= 0.6 is 0 Å². The van der Waals surface area contributed by atoms with Gasteiger partial charge in [0.2, 0.25) is 0 Å². The summed E-state index contributed by atoms with van der Waals surface area (Å²) in [4.78, 5) is 17.3. The number of rotatable bonds is 16. The molecule has 1 rings (SSSR count). The van der Waals surface area contributed by atoms with Crippen LogP contribution in [0.1, 0.15) is 38.2 Å². The van der Waals surface area contributed by atoms with Gasteiger partial charge in [0, 0.05) is 13.0 Å². The second kappa shape index (κ2) is 12.9. The van der Waals surface area contributed by atoms with E-state index in [-0.39, 0.29) is 11.7 Å². The zero-order valence-corrected chi connectivity index (χ0v) is 20.1. The zero-order chi connectivity index (χ0) is 30.3. The Labute approximate surface area is 214 Å². The minimum absolute atomic E-state index is 0.00490. The molecule has 0 radical (unpaired) electrons. The van der Waals surface area contributed by atoms with Gasteiger partial charge in [0.25, 0.3) is 5.91 Å². The number of halogens is 13. The first-order chi connectivity index (χ1) is 17.7. The number of hydroxylamine groups is 2. The first-order valence-corrected chi connectivity index (χ1v) is 11.2. The van der Waals surface area contributed by atoms with E-state index in [1.807, 2.05) is 6.92 Å². The fourth-order valence-electron chi connectivity index (χ4n) is 2.87. The van der Waals surface area contributed by atoms with Gasteiger partial charge in [-0.3, -0.25) is 9.63 Å². The second-order valence-electron chi connectivity index (χ2n) is 8.26. The maximum absolute atomic E-state index is 14.2. The third-order valence-corrected chi connectivity index (χ3v) is 5.25. The highest BCUT2D eigenvalue weighted by Gasteiger charge is 2.90. The van der Waals surface area contributed by atoms with Crippen LogP contribution in [0.2, 0.25) is 0 Å². The molecule has 226 valence electrons. The van der Waals surface area contributed by atoms with Gasteiger partial charge in [0.05, 0.1) is 6.54 Å². The molecule has 0 heterocycles. The Balaban J connectivity index is 3.14. The lowest BCUT2D eigenvalue weighted by Crippen LogP contribution is -2.70. The molecule has 0 N–H and O–H groups in total. The SMILES string of the molecule is CCCCCOCC(=O)N(CCC(F)(F)C(F)(F)C(F)(F)C(F)(F)C(F)(F)C(F)(F)F)OCc1ccccc1. The van der Waals surface area contributed by atoms with Gasteiger partial charge in [-0.25, -0.2) is 5.06 Å². The maximum atomic E-state index is 14.2. The van der Waals surface area contributed by atoms with E-state index < -0.39 is 67.9 Å². The molecular formula is C22H24F13NO3. The summed E-state index contributed by atoms with van der Waals surface area (Å²) in [5, 5.41) is -0.0165. The van der Waals surface area contributed by atoms with E-state index in [1.165, 1.54) is 24.3 Å². The molecule has 4 nitrogen and oxygen atoms in total. The number of alkyl halides is 13. The molecule has 0 fully saturated rings. The largest absolute Gasteiger partial charge is 0.460 e. The smallest absolute Gasteiger partial charge is 0.372 e. The van der Waals surface area contributed by atoms with Crippen molar-refractivity contribution in [1.29, 1.82) is 0 Å². The van der Waals surface area contributed by atoms with Crippen LogP contribution < -0.4 is 0 Å². The Bertz CT molecular complexity index is 908. The van der Waals surface area contributed by atoms with Crippen LogP contribution in [0.25, 0.3) is 0 Å². The van der Waals surface area contributed by atoms with Crippen LogP contribution in [0.3, 0.4) is 0 Å². The summed E-state index contributed by atoms with van der Waals surface area (Å²) in [6.45, 7) is -1.29. The molecule has 39 heavy (non-hydrogen) atoms. The fourth-order valence-corrected chi connectivity index (χ4v) is 2.87. The summed E-state index contributed by atoms with van der Waals surface area (Å²) in [5.74, 6) is -38.8. The minimum atomic E-state index is -7.99. The normalized spacial score (nSPS) is 14.0. The summed E-state index contributed by atoms with van der Waals surface area (Å²) < 4.78 is 178. The lowest BCUT2D eigenvalue weighted by Gasteiger charge is -2.40. The molecule has 0 saturated carbocycles. The Morgan fingerprint density at radius 3 is 1.82 bits per heavy atom. The molecule has 0 unspecified atom stereocenters. The average molecular weight is 597 g/mol. The van der Waals surface area contributed by atoms with Crippen molar-refractivity contribution >= 4 is 5.91 Å². The van der Waals surface area contributed by atoms with Crippen molar-refractivity contribution in [2.24, 2.45) is 0 Å². The molecule has 0 spiro atoms. The van der Waals surface area contributed by atoms with Crippen LogP contribution in [-0.2, 0) is 21.0 Å². The zero-order valence-electron chi connectivity index (χ0n) is 20.1. The predicted molar refractivity (Wildman–Crippen MR) is 109 cm³/mol. The van der Waals surface area contributed by atoms with Crippen LogP contribution in [0.4, 0.5) is 57.1 Å². The van der Waals surface area contributed by atoms with Crippen LogP contribution in [0.15, 0.2) is 30.3 Å². The molecule has 0 saturated heterocycles. The fraction of sp³-hybridized carbons (Fsp3) is 0.682. The Morgan fingerprint density at radius 2 is 1.31 bits per heavy atom. The van der Waals surface area contributed by atoms with E-state index in [1.54, 1.807) is 6.07 Å². The number of nitrogens with zero attached hydrogens (tertiary/aromatic N) is 1. The lowest BCUT2D eigenvalue weighted by atomic mass is 9.92. The summed E-state index contributed by atoms with van der Waals surface area (Å²) in [5.41, 5.74) is 0.303. The van der Waals surface area contributed by atoms with E-state index in [0.717, 1.165) is 6.42 Å². The van der Waals surface area contributed by atoms with Gasteiger partial charge in [-0.15, -0.1) is 0 Å². The molecule has 0 aromatic heterocycles. The minimum Gasteiger partial charge on any atom is -0.372 e. The molecule has 0 aliphatic carbocycles. The van der Waals surface area contributed by atoms with Gasteiger partial charge in [0.15, 0.2) is 0 Å². The average Bonchev–Trinajstić information content (AvgIpc) is 2.83. The monoisotopic (exact) mass is 597 g/mol.